The lowest BCUT2D eigenvalue weighted by molar-refractivity contribution is -0.117. The summed E-state index contributed by atoms with van der Waals surface area (Å²) in [5.41, 5.74) is 0.765. The Hall–Kier alpha value is -1.02. The maximum Gasteiger partial charge on any atom is 0.253 e. The molecule has 2 N–H and O–H groups in total. The van der Waals surface area contributed by atoms with Crippen LogP contribution in [0.15, 0.2) is 30.3 Å². The number of carbonyl (C=O) groups excluding carboxylic acids is 2. The van der Waals surface area contributed by atoms with Crippen LogP contribution in [0, 0.1) is 5.92 Å². The third-order valence-corrected chi connectivity index (χ3v) is 7.93. The van der Waals surface area contributed by atoms with Crippen molar-refractivity contribution in [3.05, 3.63) is 61.5 Å². The number of carbonyl (C=O) groups is 2. The summed E-state index contributed by atoms with van der Waals surface area (Å²) in [7, 11) is 0. The number of alkyl halides is 4. The highest BCUT2D eigenvalue weighted by atomic mass is 35.5. The molecule has 2 aliphatic carbocycles. The molecule has 2 aromatic carbocycles. The maximum atomic E-state index is 13.0. The van der Waals surface area contributed by atoms with Crippen molar-refractivity contribution in [3.63, 3.8) is 0 Å². The lowest BCUT2D eigenvalue weighted by Gasteiger charge is -2.35. The van der Waals surface area contributed by atoms with Gasteiger partial charge in [-0.2, -0.15) is 0 Å². The van der Waals surface area contributed by atoms with E-state index in [9.17, 15) is 18.4 Å². The van der Waals surface area contributed by atoms with Crippen LogP contribution in [0.2, 0.25) is 20.1 Å². The molecule has 2 fully saturated rings. The van der Waals surface area contributed by atoms with E-state index >= 15 is 0 Å². The summed E-state index contributed by atoms with van der Waals surface area (Å²) in [6.45, 7) is 0. The van der Waals surface area contributed by atoms with Gasteiger partial charge in [0.15, 0.2) is 0 Å². The minimum Gasteiger partial charge on any atom is -0.349 e. The molecular formula is C21H14Cl6F2N2O2. The topological polar surface area (TPSA) is 58.2 Å². The van der Waals surface area contributed by atoms with Gasteiger partial charge in [0.05, 0.1) is 26.5 Å². The van der Waals surface area contributed by atoms with Gasteiger partial charge in [0.25, 0.3) is 11.8 Å². The first-order valence-corrected chi connectivity index (χ1v) is 11.9. The Morgan fingerprint density at radius 3 is 2.18 bits per heavy atom. The number of rotatable bonds is 5. The molecule has 12 heteroatoms. The summed E-state index contributed by atoms with van der Waals surface area (Å²) >= 11 is 37.1. The Morgan fingerprint density at radius 1 is 0.909 bits per heavy atom. The monoisotopic (exact) mass is 574 g/mol. The molecule has 0 aliphatic heterocycles. The molecule has 0 bridgehead atoms. The summed E-state index contributed by atoms with van der Waals surface area (Å²) in [5, 5.41) is 6.02. The van der Waals surface area contributed by atoms with E-state index in [0.717, 1.165) is 0 Å². The Kier molecular flexibility index (Phi) is 6.75. The molecule has 0 unspecified atom stereocenters. The first-order valence-electron chi connectivity index (χ1n) is 9.61. The van der Waals surface area contributed by atoms with Crippen LogP contribution in [-0.2, 0) is 4.79 Å². The summed E-state index contributed by atoms with van der Waals surface area (Å²) in [4.78, 5) is 25.4. The van der Waals surface area contributed by atoms with Crippen molar-refractivity contribution in [2.75, 3.05) is 5.32 Å². The van der Waals surface area contributed by atoms with Gasteiger partial charge in [-0.15, -0.1) is 23.2 Å². The Labute approximate surface area is 217 Å². The van der Waals surface area contributed by atoms with Gasteiger partial charge in [-0.1, -0.05) is 46.4 Å². The predicted octanol–water partition coefficient (Wildman–Crippen LogP) is 7.35. The number of benzene rings is 2. The second kappa shape index (κ2) is 8.89. The van der Waals surface area contributed by atoms with E-state index in [0.29, 0.717) is 5.56 Å². The highest BCUT2D eigenvalue weighted by Crippen LogP contribution is 2.66. The molecular weight excluding hydrogens is 563 g/mol. The number of amides is 2. The highest BCUT2D eigenvalue weighted by Gasteiger charge is 2.68. The van der Waals surface area contributed by atoms with Crippen molar-refractivity contribution in [3.8, 4) is 0 Å². The largest absolute Gasteiger partial charge is 0.349 e. The van der Waals surface area contributed by atoms with Crippen molar-refractivity contribution in [2.24, 2.45) is 5.92 Å². The van der Waals surface area contributed by atoms with E-state index in [4.69, 9.17) is 69.6 Å². The fourth-order valence-electron chi connectivity index (χ4n) is 3.84. The van der Waals surface area contributed by atoms with Gasteiger partial charge in [-0.05, 0) is 35.9 Å². The summed E-state index contributed by atoms with van der Waals surface area (Å²) < 4.78 is 24.6. The molecule has 0 heterocycles. The summed E-state index contributed by atoms with van der Waals surface area (Å²) in [5.74, 6) is -5.41. The number of nitrogens with one attached hydrogen (secondary N) is 2. The van der Waals surface area contributed by atoms with Crippen LogP contribution in [-0.4, -0.2) is 28.1 Å². The molecule has 2 aliphatic rings. The van der Waals surface area contributed by atoms with Crippen LogP contribution in [0.5, 0.6) is 0 Å². The van der Waals surface area contributed by atoms with Gasteiger partial charge in [-0.3, -0.25) is 9.59 Å². The van der Waals surface area contributed by atoms with Crippen LogP contribution >= 0.6 is 69.6 Å². The van der Waals surface area contributed by atoms with Crippen LogP contribution in [0.25, 0.3) is 0 Å². The Balaban J connectivity index is 1.48. The number of anilines is 1. The molecule has 0 radical (unpaired) electrons. The first-order chi connectivity index (χ1) is 15.3. The number of halogens is 8. The van der Waals surface area contributed by atoms with E-state index in [1.54, 1.807) is 0 Å². The van der Waals surface area contributed by atoms with Crippen molar-refractivity contribution >= 4 is 87.1 Å². The quantitative estimate of drug-likeness (QED) is 0.289. The zero-order chi connectivity index (χ0) is 24.3. The molecule has 33 heavy (non-hydrogen) atoms. The molecule has 0 spiro atoms. The SMILES string of the molecule is O=C(NC1CC(F)(F)C1)c1cc(NC(=O)[C@@H]2[C@@H](c3cc(Cl)c(Cl)cc3Cl)C2(Cl)Cl)ccc1Cl. The highest BCUT2D eigenvalue weighted by molar-refractivity contribution is 6.54. The average Bonchev–Trinajstić information content (AvgIpc) is 3.26. The van der Waals surface area contributed by atoms with Gasteiger partial charge in [0, 0.05) is 35.5 Å². The lowest BCUT2D eigenvalue weighted by Crippen LogP contribution is -2.50. The molecule has 2 atom stereocenters. The molecule has 176 valence electrons. The average molecular weight is 577 g/mol. The van der Waals surface area contributed by atoms with Crippen molar-refractivity contribution in [1.82, 2.24) is 5.32 Å². The van der Waals surface area contributed by atoms with Gasteiger partial charge >= 0.3 is 0 Å². The normalized spacial score (nSPS) is 22.9. The smallest absolute Gasteiger partial charge is 0.253 e. The minimum absolute atomic E-state index is 0.0348. The van der Waals surface area contributed by atoms with Gasteiger partial charge in [0.1, 0.15) is 4.33 Å². The van der Waals surface area contributed by atoms with Gasteiger partial charge in [-0.25, -0.2) is 8.78 Å². The Bertz CT molecular complexity index is 1150. The van der Waals surface area contributed by atoms with E-state index in [1.165, 1.54) is 30.3 Å². The zero-order valence-corrected chi connectivity index (χ0v) is 20.9. The zero-order valence-electron chi connectivity index (χ0n) is 16.4. The summed E-state index contributed by atoms with van der Waals surface area (Å²) in [6.07, 6.45) is -0.860. The second-order valence-corrected chi connectivity index (χ2v) is 11.1. The molecule has 0 saturated heterocycles. The van der Waals surface area contributed by atoms with Crippen LogP contribution < -0.4 is 10.6 Å². The molecule has 0 aromatic heterocycles. The van der Waals surface area contributed by atoms with Crippen molar-refractivity contribution < 1.29 is 18.4 Å². The van der Waals surface area contributed by atoms with Gasteiger partial charge in [0.2, 0.25) is 5.91 Å². The molecule has 4 nitrogen and oxygen atoms in total. The summed E-state index contributed by atoms with van der Waals surface area (Å²) in [6, 6.07) is 6.56. The first kappa shape index (κ1) is 25.1. The van der Waals surface area contributed by atoms with E-state index < -0.39 is 52.8 Å². The number of hydrogen-bond donors (Lipinski definition) is 2. The fraction of sp³-hybridized carbons (Fsp3) is 0.333. The molecule has 4 rings (SSSR count). The van der Waals surface area contributed by atoms with Crippen molar-refractivity contribution in [1.29, 1.82) is 0 Å². The van der Waals surface area contributed by atoms with E-state index in [1.807, 2.05) is 0 Å². The van der Waals surface area contributed by atoms with Crippen LogP contribution in [0.1, 0.15) is 34.7 Å². The minimum atomic E-state index is -2.77. The second-order valence-electron chi connectivity index (χ2n) is 8.04. The molecule has 2 amide bonds. The lowest BCUT2D eigenvalue weighted by atomic mass is 9.88. The van der Waals surface area contributed by atoms with E-state index in [2.05, 4.69) is 10.6 Å². The molecule has 2 saturated carbocycles. The predicted molar refractivity (Wildman–Crippen MR) is 128 cm³/mol. The molecule has 2 aromatic rings. The number of hydrogen-bond acceptors (Lipinski definition) is 2. The van der Waals surface area contributed by atoms with Crippen molar-refractivity contribution in [2.45, 2.75) is 35.1 Å². The van der Waals surface area contributed by atoms with Crippen LogP contribution in [0.4, 0.5) is 14.5 Å². The third-order valence-electron chi connectivity index (χ3n) is 5.61. The van der Waals surface area contributed by atoms with Crippen LogP contribution in [0.3, 0.4) is 0 Å². The standard InChI is InChI=1S/C21H14Cl6F2N2O2/c22-12-2-1-8(3-11(12)18(32)31-9-6-20(28,29)7-9)30-19(33)17-16(21(17,26)27)10-4-14(24)15(25)5-13(10)23/h1-5,9,16-17H,6-7H2,(H,30,33)(H,31,32)/t16-,17+/m1/s1. The van der Waals surface area contributed by atoms with Gasteiger partial charge < -0.3 is 10.6 Å². The Morgan fingerprint density at radius 2 is 1.55 bits per heavy atom. The third kappa shape index (κ3) is 5.02. The maximum absolute atomic E-state index is 13.0. The van der Waals surface area contributed by atoms with E-state index in [-0.39, 0.29) is 31.3 Å². The fourth-order valence-corrected chi connectivity index (χ4v) is 5.53.